The highest BCUT2D eigenvalue weighted by Gasteiger charge is 2.29. The molecule has 4 aromatic rings. The monoisotopic (exact) mass is 443 g/mol. The lowest BCUT2D eigenvalue weighted by Gasteiger charge is -2.33. The van der Waals surface area contributed by atoms with Crippen LogP contribution in [-0.4, -0.2) is 75.1 Å². The fourth-order valence-corrected chi connectivity index (χ4v) is 4.39. The molecule has 3 N–H and O–H groups in total. The summed E-state index contributed by atoms with van der Waals surface area (Å²) in [7, 11) is 6.03. The van der Waals surface area contributed by atoms with Crippen molar-refractivity contribution in [3.05, 3.63) is 30.4 Å². The summed E-state index contributed by atoms with van der Waals surface area (Å²) >= 11 is 0. The summed E-state index contributed by atoms with van der Waals surface area (Å²) in [6.45, 7) is 3.83. The van der Waals surface area contributed by atoms with E-state index in [-0.39, 0.29) is 6.04 Å². The molecule has 4 aromatic heterocycles. The molecule has 33 heavy (non-hydrogen) atoms. The minimum atomic E-state index is -0.581. The zero-order chi connectivity index (χ0) is 23.4. The van der Waals surface area contributed by atoms with Crippen molar-refractivity contribution in [2.24, 2.45) is 0 Å². The Morgan fingerprint density at radius 2 is 1.97 bits per heavy atom. The van der Waals surface area contributed by atoms with Gasteiger partial charge < -0.3 is 20.1 Å². The smallest absolute Gasteiger partial charge is 0.228 e. The van der Waals surface area contributed by atoms with Crippen LogP contribution in [0.4, 0.5) is 5.95 Å². The number of aromatic nitrogens is 6. The Hall–Kier alpha value is -3.01. The molecular formula is C21H28B3N7O2. The first-order valence-corrected chi connectivity index (χ1v) is 11.5. The number of aliphatic hydroxyl groups is 1. The molecule has 168 valence electrons. The van der Waals surface area contributed by atoms with Crippen LogP contribution in [0.5, 0.6) is 5.88 Å². The van der Waals surface area contributed by atoms with E-state index < -0.39 is 10.9 Å². The van der Waals surface area contributed by atoms with Crippen molar-refractivity contribution in [2.45, 2.75) is 56.5 Å². The number of aromatic amines is 1. The van der Waals surface area contributed by atoms with Crippen LogP contribution < -0.4 is 10.1 Å². The molecule has 5 rings (SSSR count). The lowest BCUT2D eigenvalue weighted by Crippen LogP contribution is -2.38. The summed E-state index contributed by atoms with van der Waals surface area (Å²) in [5.41, 5.74) is 2.89. The van der Waals surface area contributed by atoms with Crippen molar-refractivity contribution in [1.82, 2.24) is 29.5 Å². The van der Waals surface area contributed by atoms with Gasteiger partial charge in [0, 0.05) is 34.9 Å². The Labute approximate surface area is 195 Å². The Kier molecular flexibility index (Phi) is 5.15. The largest absolute Gasteiger partial charge is 0.498 e. The SMILES string of the molecule is BC(B)(B)Oc1nc(N[C@H]2CC[C@@](C)(O)CC2)nc2[nH]cc(-c3ccc4nnc(C)n4c3)c12. The Balaban J connectivity index is 1.55. The number of aryl methyl sites for hydroxylation is 1. The van der Waals surface area contributed by atoms with E-state index in [1.807, 2.05) is 66.3 Å². The van der Waals surface area contributed by atoms with E-state index in [2.05, 4.69) is 20.5 Å². The van der Waals surface area contributed by atoms with Gasteiger partial charge in [0.05, 0.1) is 11.0 Å². The number of nitrogens with one attached hydrogen (secondary N) is 2. The third kappa shape index (κ3) is 4.44. The minimum Gasteiger partial charge on any atom is -0.498 e. The first-order chi connectivity index (χ1) is 15.6. The maximum atomic E-state index is 10.3. The molecule has 1 aliphatic rings. The molecule has 12 heteroatoms. The van der Waals surface area contributed by atoms with Gasteiger partial charge in [0.2, 0.25) is 11.8 Å². The van der Waals surface area contributed by atoms with E-state index >= 15 is 0 Å². The molecule has 0 atom stereocenters. The lowest BCUT2D eigenvalue weighted by molar-refractivity contribution is 0.0195. The molecule has 0 bridgehead atoms. The average molecular weight is 443 g/mol. The fourth-order valence-electron chi connectivity index (χ4n) is 4.39. The summed E-state index contributed by atoms with van der Waals surface area (Å²) in [5, 5.41) is 22.5. The number of ether oxygens (including phenoxy) is 1. The highest BCUT2D eigenvalue weighted by atomic mass is 16.5. The second kappa shape index (κ2) is 7.79. The molecule has 0 saturated heterocycles. The minimum absolute atomic E-state index is 0.221. The summed E-state index contributed by atoms with van der Waals surface area (Å²) < 4.78 is 8.28. The van der Waals surface area contributed by atoms with Gasteiger partial charge in [0.15, 0.2) is 5.65 Å². The topological polar surface area (TPSA) is 113 Å². The Morgan fingerprint density at radius 3 is 2.70 bits per heavy atom. The third-order valence-corrected chi connectivity index (χ3v) is 6.18. The van der Waals surface area contributed by atoms with Gasteiger partial charge in [-0.2, -0.15) is 9.97 Å². The number of pyridine rings is 1. The van der Waals surface area contributed by atoms with Crippen LogP contribution in [0.1, 0.15) is 38.4 Å². The maximum absolute atomic E-state index is 10.3. The maximum Gasteiger partial charge on any atom is 0.228 e. The van der Waals surface area contributed by atoms with E-state index in [9.17, 15) is 5.11 Å². The van der Waals surface area contributed by atoms with Gasteiger partial charge in [-0.1, -0.05) is 0 Å². The van der Waals surface area contributed by atoms with Crippen LogP contribution in [0.2, 0.25) is 0 Å². The standard InChI is InChI=1S/C21H28B3N7O2/c1-11-29-30-15-4-3-12(10-31(11)15)14-9-25-17-16(14)18(33-21(22,23)24)28-19(27-17)26-13-5-7-20(2,32)8-6-13/h3-4,9-10,13,32H,5-8,22-24H2,1-2H3,(H2,25,26,27,28)/t13-,20+. The molecule has 1 fully saturated rings. The van der Waals surface area contributed by atoms with Crippen LogP contribution in [0, 0.1) is 6.92 Å². The van der Waals surface area contributed by atoms with Gasteiger partial charge in [0.1, 0.15) is 35.0 Å². The predicted octanol–water partition coefficient (Wildman–Crippen LogP) is -0.0291. The molecule has 9 nitrogen and oxygen atoms in total. The molecule has 4 heterocycles. The lowest BCUT2D eigenvalue weighted by atomic mass is 9.52. The van der Waals surface area contributed by atoms with Crippen LogP contribution in [0.25, 0.3) is 27.8 Å². The van der Waals surface area contributed by atoms with E-state index in [1.54, 1.807) is 0 Å². The molecule has 0 radical (unpaired) electrons. The molecule has 0 aromatic carbocycles. The van der Waals surface area contributed by atoms with Crippen LogP contribution in [0.15, 0.2) is 24.5 Å². The summed E-state index contributed by atoms with van der Waals surface area (Å²) in [6.07, 6.45) is 7.23. The first-order valence-electron chi connectivity index (χ1n) is 11.5. The average Bonchev–Trinajstić information content (AvgIpc) is 3.32. The number of rotatable bonds is 5. The Bertz CT molecular complexity index is 1320. The van der Waals surface area contributed by atoms with Crippen molar-refractivity contribution in [3.63, 3.8) is 0 Å². The van der Waals surface area contributed by atoms with Crippen LogP contribution >= 0.6 is 0 Å². The normalized spacial score (nSPS) is 21.5. The molecule has 0 amide bonds. The van der Waals surface area contributed by atoms with Crippen LogP contribution in [0.3, 0.4) is 0 Å². The van der Waals surface area contributed by atoms with E-state index in [1.165, 1.54) is 0 Å². The first kappa shape index (κ1) is 21.8. The predicted molar refractivity (Wildman–Crippen MR) is 136 cm³/mol. The molecular weight excluding hydrogens is 415 g/mol. The van der Waals surface area contributed by atoms with E-state index in [0.29, 0.717) is 17.5 Å². The van der Waals surface area contributed by atoms with Crippen molar-refractivity contribution in [2.75, 3.05) is 5.32 Å². The van der Waals surface area contributed by atoms with Gasteiger partial charge in [-0.25, -0.2) is 0 Å². The number of anilines is 1. The second-order valence-corrected chi connectivity index (χ2v) is 10.3. The summed E-state index contributed by atoms with van der Waals surface area (Å²) in [4.78, 5) is 12.9. The molecule has 1 aliphatic carbocycles. The van der Waals surface area contributed by atoms with Crippen molar-refractivity contribution in [1.29, 1.82) is 0 Å². The molecule has 0 unspecified atom stereocenters. The van der Waals surface area contributed by atoms with E-state index in [0.717, 1.165) is 53.7 Å². The van der Waals surface area contributed by atoms with Crippen LogP contribution in [-0.2, 0) is 0 Å². The summed E-state index contributed by atoms with van der Waals surface area (Å²) in [6, 6.07) is 4.19. The van der Waals surface area contributed by atoms with Crippen molar-refractivity contribution >= 4 is 46.2 Å². The molecule has 1 saturated carbocycles. The second-order valence-electron chi connectivity index (χ2n) is 10.3. The van der Waals surface area contributed by atoms with Gasteiger partial charge in [-0.3, -0.25) is 4.40 Å². The zero-order valence-electron chi connectivity index (χ0n) is 19.8. The number of fused-ring (bicyclic) bond motifs is 2. The third-order valence-electron chi connectivity index (χ3n) is 6.18. The van der Waals surface area contributed by atoms with Gasteiger partial charge in [-0.05, 0) is 51.7 Å². The Morgan fingerprint density at radius 1 is 1.21 bits per heavy atom. The zero-order valence-corrected chi connectivity index (χ0v) is 19.8. The quantitative estimate of drug-likeness (QED) is 0.372. The number of hydrogen-bond donors (Lipinski definition) is 3. The highest BCUT2D eigenvalue weighted by Crippen LogP contribution is 2.36. The fraction of sp³-hybridized carbons (Fsp3) is 0.429. The number of nitrogens with zero attached hydrogens (tertiary/aromatic N) is 5. The number of hydrogen-bond acceptors (Lipinski definition) is 7. The number of H-pyrrole nitrogens is 1. The van der Waals surface area contributed by atoms with Crippen molar-refractivity contribution in [3.8, 4) is 17.0 Å². The van der Waals surface area contributed by atoms with Crippen molar-refractivity contribution < 1.29 is 9.84 Å². The van der Waals surface area contributed by atoms with Gasteiger partial charge >= 0.3 is 0 Å². The van der Waals surface area contributed by atoms with E-state index in [4.69, 9.17) is 14.7 Å². The summed E-state index contributed by atoms with van der Waals surface area (Å²) in [5.74, 6) is 1.90. The molecule has 0 spiro atoms. The highest BCUT2D eigenvalue weighted by molar-refractivity contribution is 6.58. The molecule has 0 aliphatic heterocycles. The van der Waals surface area contributed by atoms with Gasteiger partial charge in [-0.15, -0.1) is 10.2 Å². The van der Waals surface area contributed by atoms with Gasteiger partial charge in [0.25, 0.3) is 0 Å².